The number of amides is 2. The number of hydrogen-bond acceptors (Lipinski definition) is 8. The zero-order chi connectivity index (χ0) is 24.2. The molecule has 178 valence electrons. The normalized spacial score (nSPS) is 13.5. The first-order valence-corrected chi connectivity index (χ1v) is 11.9. The largest absolute Gasteiger partial charge is 0.378 e. The number of nitrogens with zero attached hydrogens (tertiary/aromatic N) is 4. The molecule has 0 radical (unpaired) electrons. The summed E-state index contributed by atoms with van der Waals surface area (Å²) in [6.45, 7) is 2.86. The maximum Gasteiger partial charge on any atom is 0.290 e. The van der Waals surface area contributed by atoms with Crippen LogP contribution >= 0.6 is 11.3 Å². The fourth-order valence-corrected chi connectivity index (χ4v) is 4.63. The van der Waals surface area contributed by atoms with Crippen molar-refractivity contribution in [1.29, 1.82) is 0 Å². The lowest BCUT2D eigenvalue weighted by molar-refractivity contribution is 0.0841. The molecular formula is C24H22N6O4S. The molecule has 4 aromatic rings. The van der Waals surface area contributed by atoms with Crippen molar-refractivity contribution in [1.82, 2.24) is 25.6 Å². The van der Waals surface area contributed by atoms with Crippen LogP contribution in [0.1, 0.15) is 26.5 Å². The zero-order valence-electron chi connectivity index (χ0n) is 18.6. The molecule has 2 aromatic heterocycles. The first kappa shape index (κ1) is 22.7. The van der Waals surface area contributed by atoms with Gasteiger partial charge in [-0.15, -0.1) is 11.3 Å². The summed E-state index contributed by atoms with van der Waals surface area (Å²) in [5.74, 6) is -1.18. The molecule has 1 aliphatic rings. The Morgan fingerprint density at radius 1 is 0.943 bits per heavy atom. The summed E-state index contributed by atoms with van der Waals surface area (Å²) < 4.78 is 6.60. The number of hydrogen-bond donors (Lipinski definition) is 2. The van der Waals surface area contributed by atoms with Crippen molar-refractivity contribution >= 4 is 39.1 Å². The molecule has 0 unspecified atom stereocenters. The third-order valence-corrected chi connectivity index (χ3v) is 6.46. The molecule has 2 N–H and O–H groups in total. The molecule has 2 amide bonds. The molecule has 1 aliphatic heterocycles. The van der Waals surface area contributed by atoms with Crippen molar-refractivity contribution in [3.63, 3.8) is 0 Å². The third-order valence-electron chi connectivity index (χ3n) is 5.55. The molecule has 0 bridgehead atoms. The fraction of sp³-hybridized carbons (Fsp3) is 0.208. The molecule has 35 heavy (non-hydrogen) atoms. The minimum absolute atomic E-state index is 0.0312. The van der Waals surface area contributed by atoms with Crippen LogP contribution in [-0.2, 0) is 11.3 Å². The van der Waals surface area contributed by atoms with Crippen LogP contribution in [0.2, 0.25) is 0 Å². The number of carbonyl (C=O) groups excluding carboxylic acids is 2. The molecule has 0 aliphatic carbocycles. The van der Waals surface area contributed by atoms with Crippen LogP contribution in [0.5, 0.6) is 0 Å². The molecule has 0 saturated carbocycles. The van der Waals surface area contributed by atoms with E-state index in [1.165, 1.54) is 16.0 Å². The monoisotopic (exact) mass is 490 g/mol. The van der Waals surface area contributed by atoms with Crippen molar-refractivity contribution in [3.05, 3.63) is 87.3 Å². The van der Waals surface area contributed by atoms with Crippen molar-refractivity contribution in [2.45, 2.75) is 6.54 Å². The van der Waals surface area contributed by atoms with Crippen LogP contribution in [0.25, 0.3) is 10.8 Å². The Kier molecular flexibility index (Phi) is 6.51. The highest BCUT2D eigenvalue weighted by Crippen LogP contribution is 2.21. The summed E-state index contributed by atoms with van der Waals surface area (Å²) >= 11 is 1.36. The average Bonchev–Trinajstić information content (AvgIpc) is 3.40. The van der Waals surface area contributed by atoms with Gasteiger partial charge < -0.3 is 9.64 Å². The van der Waals surface area contributed by atoms with Gasteiger partial charge in [-0.25, -0.2) is 9.67 Å². The standard InChI is InChI=1S/C24H22N6O4S/c31-21(19-15-35-24(25-19)29-10-12-34-13-11-29)26-27-22(32)20-17-8-4-5-9-18(17)23(33)30(28-20)14-16-6-2-1-3-7-16/h1-9,15H,10-14H2,(H,26,31)(H,27,32). The highest BCUT2D eigenvalue weighted by molar-refractivity contribution is 7.13. The quantitative estimate of drug-likeness (QED) is 0.410. The van der Waals surface area contributed by atoms with E-state index in [2.05, 4.69) is 25.8 Å². The summed E-state index contributed by atoms with van der Waals surface area (Å²) in [7, 11) is 0. The van der Waals surface area contributed by atoms with Crippen LogP contribution < -0.4 is 21.3 Å². The minimum Gasteiger partial charge on any atom is -0.378 e. The molecule has 11 heteroatoms. The van der Waals surface area contributed by atoms with Crippen LogP contribution in [-0.4, -0.2) is 52.9 Å². The van der Waals surface area contributed by atoms with E-state index in [-0.39, 0.29) is 23.5 Å². The number of carbonyl (C=O) groups is 2. The van der Waals surface area contributed by atoms with Crippen LogP contribution in [0.4, 0.5) is 5.13 Å². The number of hydrazine groups is 1. The smallest absolute Gasteiger partial charge is 0.290 e. The Balaban J connectivity index is 1.35. The highest BCUT2D eigenvalue weighted by atomic mass is 32.1. The number of anilines is 1. The van der Waals surface area contributed by atoms with Crippen molar-refractivity contribution in [3.8, 4) is 0 Å². The van der Waals surface area contributed by atoms with E-state index in [1.807, 2.05) is 30.3 Å². The Hall–Kier alpha value is -4.09. The second kappa shape index (κ2) is 10.0. The van der Waals surface area contributed by atoms with Gasteiger partial charge in [-0.1, -0.05) is 48.5 Å². The number of rotatable bonds is 5. The van der Waals surface area contributed by atoms with Crippen molar-refractivity contribution < 1.29 is 14.3 Å². The van der Waals surface area contributed by atoms with E-state index in [4.69, 9.17) is 4.74 Å². The topological polar surface area (TPSA) is 118 Å². The predicted molar refractivity (Wildman–Crippen MR) is 132 cm³/mol. The fourth-order valence-electron chi connectivity index (χ4n) is 3.77. The van der Waals surface area contributed by atoms with E-state index in [0.717, 1.165) is 10.7 Å². The molecule has 2 aromatic carbocycles. The maximum absolute atomic E-state index is 13.0. The summed E-state index contributed by atoms with van der Waals surface area (Å²) in [6.07, 6.45) is 0. The van der Waals surface area contributed by atoms with Gasteiger partial charge in [0.2, 0.25) is 0 Å². The summed E-state index contributed by atoms with van der Waals surface area (Å²) in [5, 5.41) is 7.45. The Bertz CT molecular complexity index is 1430. The van der Waals surface area contributed by atoms with E-state index in [0.29, 0.717) is 37.1 Å². The summed E-state index contributed by atoms with van der Waals surface area (Å²) in [6, 6.07) is 16.1. The lowest BCUT2D eigenvalue weighted by atomic mass is 10.1. The number of thiazole rings is 1. The van der Waals surface area contributed by atoms with Crippen LogP contribution in [0.3, 0.4) is 0 Å². The molecule has 1 saturated heterocycles. The lowest BCUT2D eigenvalue weighted by Crippen LogP contribution is -2.43. The number of ether oxygens (including phenoxy) is 1. The van der Waals surface area contributed by atoms with Crippen molar-refractivity contribution in [2.75, 3.05) is 31.2 Å². The van der Waals surface area contributed by atoms with Crippen LogP contribution in [0.15, 0.2) is 64.8 Å². The summed E-state index contributed by atoms with van der Waals surface area (Å²) in [5.41, 5.74) is 5.60. The number of morpholine rings is 1. The maximum atomic E-state index is 13.0. The highest BCUT2D eigenvalue weighted by Gasteiger charge is 2.20. The molecular weight excluding hydrogens is 468 g/mol. The van der Waals surface area contributed by atoms with Gasteiger partial charge in [0.05, 0.1) is 25.1 Å². The molecule has 0 spiro atoms. The van der Waals surface area contributed by atoms with E-state index >= 15 is 0 Å². The first-order chi connectivity index (χ1) is 17.1. The zero-order valence-corrected chi connectivity index (χ0v) is 19.5. The lowest BCUT2D eigenvalue weighted by Gasteiger charge is -2.25. The Morgan fingerprint density at radius 3 is 2.40 bits per heavy atom. The predicted octanol–water partition coefficient (Wildman–Crippen LogP) is 1.81. The molecule has 0 atom stereocenters. The van der Waals surface area contributed by atoms with Crippen molar-refractivity contribution in [2.24, 2.45) is 0 Å². The molecule has 3 heterocycles. The second-order valence-electron chi connectivity index (χ2n) is 7.87. The Morgan fingerprint density at radius 2 is 1.63 bits per heavy atom. The first-order valence-electron chi connectivity index (χ1n) is 11.0. The second-order valence-corrected chi connectivity index (χ2v) is 8.70. The molecule has 10 nitrogen and oxygen atoms in total. The molecule has 5 rings (SSSR count). The number of aromatic nitrogens is 3. The van der Waals surface area contributed by atoms with Gasteiger partial charge in [-0.05, 0) is 11.6 Å². The van der Waals surface area contributed by atoms with Gasteiger partial charge in [-0.3, -0.25) is 25.2 Å². The van der Waals surface area contributed by atoms with Gasteiger partial charge >= 0.3 is 0 Å². The van der Waals surface area contributed by atoms with Gasteiger partial charge in [-0.2, -0.15) is 5.10 Å². The minimum atomic E-state index is -0.639. The average molecular weight is 491 g/mol. The third kappa shape index (κ3) is 4.91. The van der Waals surface area contributed by atoms with E-state index in [9.17, 15) is 14.4 Å². The van der Waals surface area contributed by atoms with Crippen LogP contribution in [0, 0.1) is 0 Å². The molecule has 1 fully saturated rings. The number of nitrogens with one attached hydrogen (secondary N) is 2. The van der Waals surface area contributed by atoms with Gasteiger partial charge in [0.25, 0.3) is 17.4 Å². The number of benzene rings is 2. The van der Waals surface area contributed by atoms with Gasteiger partial charge in [0.15, 0.2) is 10.8 Å². The summed E-state index contributed by atoms with van der Waals surface area (Å²) in [4.78, 5) is 45.0. The Labute approximate surface area is 204 Å². The van der Waals surface area contributed by atoms with Gasteiger partial charge in [0, 0.05) is 23.9 Å². The number of fused-ring (bicyclic) bond motifs is 1. The van der Waals surface area contributed by atoms with E-state index in [1.54, 1.807) is 29.6 Å². The van der Waals surface area contributed by atoms with E-state index < -0.39 is 11.8 Å². The SMILES string of the molecule is O=C(NNC(=O)c1nn(Cc2ccccc2)c(=O)c2ccccc12)c1csc(N2CCOCC2)n1. The van der Waals surface area contributed by atoms with Gasteiger partial charge in [0.1, 0.15) is 5.69 Å².